The van der Waals surface area contributed by atoms with Crippen LogP contribution < -0.4 is 0 Å². The lowest BCUT2D eigenvalue weighted by molar-refractivity contribution is 0.272. The maximum absolute atomic E-state index is 11.7. The van der Waals surface area contributed by atoms with Crippen LogP contribution in [0.15, 0.2) is 0 Å². The molecule has 0 radical (unpaired) electrons. The van der Waals surface area contributed by atoms with E-state index < -0.39 is 22.7 Å². The first-order valence-electron chi connectivity index (χ1n) is 3.56. The third-order valence-electron chi connectivity index (χ3n) is 1.81. The van der Waals surface area contributed by atoms with E-state index >= 15 is 0 Å². The predicted molar refractivity (Wildman–Crippen MR) is 44.9 cm³/mol. The smallest absolute Gasteiger partial charge is 0.311 e. The molecule has 1 atom stereocenters. The van der Waals surface area contributed by atoms with E-state index in [1.165, 1.54) is 0 Å². The average molecular weight is 230 g/mol. The van der Waals surface area contributed by atoms with Crippen LogP contribution in [-0.2, 0) is 27.9 Å². The maximum Gasteiger partial charge on any atom is 0.350 e. The highest BCUT2D eigenvalue weighted by molar-refractivity contribution is 7.95. The molecular formula is C5H11O6PS. The molecule has 0 aliphatic carbocycles. The average Bonchev–Trinajstić information content (AvgIpc) is 2.44. The first kappa shape index (κ1) is 11.1. The highest BCUT2D eigenvalue weighted by atomic mass is 32.2. The summed E-state index contributed by atoms with van der Waals surface area (Å²) < 4.78 is 47.6. The molecule has 6 nitrogen and oxygen atoms in total. The fourth-order valence-electron chi connectivity index (χ4n) is 1.11. The zero-order valence-corrected chi connectivity index (χ0v) is 9.01. The van der Waals surface area contributed by atoms with Gasteiger partial charge < -0.3 is 9.05 Å². The fraction of sp³-hybridized carbons (Fsp3) is 1.00. The molecule has 1 fully saturated rings. The van der Waals surface area contributed by atoms with Crippen LogP contribution in [0.1, 0.15) is 6.42 Å². The van der Waals surface area contributed by atoms with Gasteiger partial charge in [-0.1, -0.05) is 0 Å². The minimum absolute atomic E-state index is 0.0315. The minimum atomic E-state index is -3.78. The Bertz CT molecular complexity index is 314. The molecule has 0 saturated carbocycles. The van der Waals surface area contributed by atoms with Crippen molar-refractivity contribution in [1.82, 2.24) is 0 Å². The summed E-state index contributed by atoms with van der Waals surface area (Å²) in [6.07, 6.45) is 0.140. The number of hydrogen-bond donors (Lipinski definition) is 0. The van der Waals surface area contributed by atoms with Crippen LogP contribution in [0.2, 0.25) is 0 Å². The molecule has 1 heterocycles. The van der Waals surface area contributed by atoms with Gasteiger partial charge >= 0.3 is 7.60 Å². The fourth-order valence-corrected chi connectivity index (χ4v) is 4.99. The molecule has 1 saturated heterocycles. The van der Waals surface area contributed by atoms with Gasteiger partial charge in [-0.25, -0.2) is 0 Å². The van der Waals surface area contributed by atoms with Crippen molar-refractivity contribution in [3.63, 3.8) is 0 Å². The van der Waals surface area contributed by atoms with Crippen LogP contribution in [0.3, 0.4) is 0 Å². The van der Waals surface area contributed by atoms with E-state index in [1.807, 2.05) is 0 Å². The second-order valence-electron chi connectivity index (χ2n) is 2.46. The summed E-state index contributed by atoms with van der Waals surface area (Å²) >= 11 is 0. The summed E-state index contributed by atoms with van der Waals surface area (Å²) in [7, 11) is -5.04. The van der Waals surface area contributed by atoms with Gasteiger partial charge in [0.2, 0.25) is 0 Å². The van der Waals surface area contributed by atoms with Crippen molar-refractivity contribution in [3.05, 3.63) is 0 Å². The van der Waals surface area contributed by atoms with Crippen LogP contribution in [0.25, 0.3) is 0 Å². The lowest BCUT2D eigenvalue weighted by atomic mass is 10.5. The second kappa shape index (κ2) is 3.67. The Kier molecular flexibility index (Phi) is 3.14. The Morgan fingerprint density at radius 1 is 1.38 bits per heavy atom. The Balaban J connectivity index is 3.01. The van der Waals surface area contributed by atoms with Crippen LogP contribution in [0.4, 0.5) is 0 Å². The lowest BCUT2D eigenvalue weighted by Gasteiger charge is -2.17. The summed E-state index contributed by atoms with van der Waals surface area (Å²) in [5, 5.41) is 0. The van der Waals surface area contributed by atoms with E-state index in [9.17, 15) is 13.0 Å². The number of hydrogen-bond acceptors (Lipinski definition) is 6. The first-order chi connectivity index (χ1) is 5.96. The van der Waals surface area contributed by atoms with Gasteiger partial charge in [-0.05, 0) is 0 Å². The van der Waals surface area contributed by atoms with Gasteiger partial charge in [-0.3, -0.25) is 8.75 Å². The lowest BCUT2D eigenvalue weighted by Crippen LogP contribution is -2.17. The highest BCUT2D eigenvalue weighted by Gasteiger charge is 2.48. The molecule has 0 amide bonds. The van der Waals surface area contributed by atoms with Crippen molar-refractivity contribution in [3.8, 4) is 0 Å². The predicted octanol–water partition coefficient (Wildman–Crippen LogP) is 0.548. The Morgan fingerprint density at radius 2 is 1.92 bits per heavy atom. The molecule has 8 heteroatoms. The largest absolute Gasteiger partial charge is 0.350 e. The summed E-state index contributed by atoms with van der Waals surface area (Å²) in [5.74, 6) is 0. The van der Waals surface area contributed by atoms with Gasteiger partial charge in [0.1, 0.15) is 0 Å². The zero-order valence-electron chi connectivity index (χ0n) is 7.30. The Morgan fingerprint density at radius 3 is 2.23 bits per heavy atom. The molecule has 0 bridgehead atoms. The van der Waals surface area contributed by atoms with E-state index in [4.69, 9.17) is 0 Å². The normalized spacial score (nSPS) is 27.7. The molecular weight excluding hydrogens is 219 g/mol. The highest BCUT2D eigenvalue weighted by Crippen LogP contribution is 2.56. The monoisotopic (exact) mass is 230 g/mol. The Labute approximate surface area is 76.8 Å². The van der Waals surface area contributed by atoms with E-state index in [0.29, 0.717) is 0 Å². The zero-order chi connectivity index (χ0) is 10.1. The SMILES string of the molecule is COP(=O)(OC)C1CCOS1(=O)=O. The van der Waals surface area contributed by atoms with E-state index in [2.05, 4.69) is 13.2 Å². The molecule has 0 aromatic carbocycles. The van der Waals surface area contributed by atoms with Crippen molar-refractivity contribution < 1.29 is 26.2 Å². The van der Waals surface area contributed by atoms with Crippen LogP contribution >= 0.6 is 7.60 Å². The van der Waals surface area contributed by atoms with Gasteiger partial charge in [0.05, 0.1) is 6.61 Å². The maximum atomic E-state index is 11.7. The topological polar surface area (TPSA) is 78.9 Å². The molecule has 13 heavy (non-hydrogen) atoms. The molecule has 1 aliphatic heterocycles. The van der Waals surface area contributed by atoms with E-state index in [0.717, 1.165) is 14.2 Å². The van der Waals surface area contributed by atoms with Gasteiger partial charge in [-0.15, -0.1) is 0 Å². The van der Waals surface area contributed by atoms with E-state index in [-0.39, 0.29) is 13.0 Å². The van der Waals surface area contributed by atoms with E-state index in [1.54, 1.807) is 0 Å². The van der Waals surface area contributed by atoms with Crippen molar-refractivity contribution in [2.45, 2.75) is 11.4 Å². The third kappa shape index (κ3) is 1.94. The standard InChI is InChI=1S/C5H11O6PS/c1-9-12(6,10-2)5-3-4-11-13(5,7)8/h5H,3-4H2,1-2H3. The Hall–Kier alpha value is 0.0600. The van der Waals surface area contributed by atoms with Crippen LogP contribution in [0.5, 0.6) is 0 Å². The molecule has 0 spiro atoms. The van der Waals surface area contributed by atoms with Crippen molar-refractivity contribution in [2.24, 2.45) is 0 Å². The molecule has 0 aromatic heterocycles. The van der Waals surface area contributed by atoms with Crippen molar-refractivity contribution >= 4 is 17.7 Å². The van der Waals surface area contributed by atoms with Gasteiger partial charge in [-0.2, -0.15) is 8.42 Å². The van der Waals surface area contributed by atoms with Crippen molar-refractivity contribution in [1.29, 1.82) is 0 Å². The molecule has 0 aromatic rings. The minimum Gasteiger partial charge on any atom is -0.311 e. The van der Waals surface area contributed by atoms with Gasteiger partial charge in [0.15, 0.2) is 4.99 Å². The molecule has 1 rings (SSSR count). The molecule has 0 N–H and O–H groups in total. The summed E-state index contributed by atoms with van der Waals surface area (Å²) in [4.78, 5) is -1.19. The van der Waals surface area contributed by atoms with Crippen LogP contribution in [-0.4, -0.2) is 34.2 Å². The summed E-state index contributed by atoms with van der Waals surface area (Å²) in [5.41, 5.74) is 0. The van der Waals surface area contributed by atoms with Gasteiger partial charge in [0, 0.05) is 20.6 Å². The van der Waals surface area contributed by atoms with Crippen molar-refractivity contribution in [2.75, 3.05) is 20.8 Å². The molecule has 1 unspecified atom stereocenters. The van der Waals surface area contributed by atoms with Gasteiger partial charge in [0.25, 0.3) is 10.1 Å². The summed E-state index contributed by atoms with van der Waals surface area (Å²) in [6, 6.07) is 0. The number of rotatable bonds is 3. The second-order valence-corrected chi connectivity index (χ2v) is 7.04. The quantitative estimate of drug-likeness (QED) is 0.520. The molecule has 78 valence electrons. The van der Waals surface area contributed by atoms with Crippen LogP contribution in [0, 0.1) is 0 Å². The summed E-state index contributed by atoms with van der Waals surface area (Å²) in [6.45, 7) is 0.0315. The first-order valence-corrected chi connectivity index (χ1v) is 6.64. The molecule has 1 aliphatic rings. The third-order valence-corrected chi connectivity index (χ3v) is 6.74.